The number of halogens is 1. The normalized spacial score (nSPS) is 16.9. The van der Waals surface area contributed by atoms with Gasteiger partial charge in [0.1, 0.15) is 5.01 Å². The van der Waals surface area contributed by atoms with Crippen molar-refractivity contribution in [2.24, 2.45) is 0 Å². The highest BCUT2D eigenvalue weighted by Crippen LogP contribution is 2.35. The zero-order valence-electron chi connectivity index (χ0n) is 10.2. The summed E-state index contributed by atoms with van der Waals surface area (Å²) in [6, 6.07) is 8.43. The molecule has 3 heteroatoms. The molecule has 1 fully saturated rings. The van der Waals surface area contributed by atoms with Gasteiger partial charge in [0.2, 0.25) is 0 Å². The van der Waals surface area contributed by atoms with Crippen LogP contribution < -0.4 is 0 Å². The van der Waals surface area contributed by atoms with E-state index in [9.17, 15) is 0 Å². The molecule has 1 aliphatic carbocycles. The highest BCUT2D eigenvalue weighted by atomic mass is 79.9. The quantitative estimate of drug-likeness (QED) is 0.699. The van der Waals surface area contributed by atoms with Gasteiger partial charge in [0.05, 0.1) is 5.69 Å². The van der Waals surface area contributed by atoms with Gasteiger partial charge in [-0.25, -0.2) is 4.98 Å². The van der Waals surface area contributed by atoms with Crippen molar-refractivity contribution >= 4 is 27.3 Å². The van der Waals surface area contributed by atoms with Crippen molar-refractivity contribution in [3.05, 3.63) is 39.8 Å². The SMILES string of the molecule is Brc1ccc(-c2nc(C3CCCCC3)cs2)cc1. The van der Waals surface area contributed by atoms with Crippen LogP contribution in [-0.4, -0.2) is 4.98 Å². The minimum absolute atomic E-state index is 0.708. The van der Waals surface area contributed by atoms with E-state index >= 15 is 0 Å². The molecule has 1 aliphatic rings. The molecular weight excluding hydrogens is 306 g/mol. The Labute approximate surface area is 120 Å². The fraction of sp³-hybridized carbons (Fsp3) is 0.400. The number of hydrogen-bond acceptors (Lipinski definition) is 2. The summed E-state index contributed by atoms with van der Waals surface area (Å²) < 4.78 is 1.12. The number of rotatable bonds is 2. The Morgan fingerprint density at radius 1 is 1.06 bits per heavy atom. The van der Waals surface area contributed by atoms with Gasteiger partial charge in [-0.2, -0.15) is 0 Å². The second-order valence-electron chi connectivity index (χ2n) is 4.92. The highest BCUT2D eigenvalue weighted by Gasteiger charge is 2.18. The van der Waals surface area contributed by atoms with Crippen molar-refractivity contribution in [1.82, 2.24) is 4.98 Å². The van der Waals surface area contributed by atoms with Gasteiger partial charge in [-0.1, -0.05) is 47.3 Å². The standard InChI is InChI=1S/C15H16BrNS/c16-13-8-6-12(7-9-13)15-17-14(10-18-15)11-4-2-1-3-5-11/h6-11H,1-5H2. The molecular formula is C15H16BrNS. The van der Waals surface area contributed by atoms with Crippen molar-refractivity contribution in [3.8, 4) is 10.6 Å². The van der Waals surface area contributed by atoms with Gasteiger partial charge in [0, 0.05) is 21.3 Å². The molecule has 2 aromatic rings. The van der Waals surface area contributed by atoms with Crippen molar-refractivity contribution in [3.63, 3.8) is 0 Å². The monoisotopic (exact) mass is 321 g/mol. The third-order valence-corrected chi connectivity index (χ3v) is 5.07. The molecule has 0 aliphatic heterocycles. The lowest BCUT2D eigenvalue weighted by Crippen LogP contribution is -2.04. The van der Waals surface area contributed by atoms with E-state index in [1.165, 1.54) is 43.4 Å². The number of nitrogens with zero attached hydrogens (tertiary/aromatic N) is 1. The van der Waals surface area contributed by atoms with Crippen LogP contribution in [0.2, 0.25) is 0 Å². The molecule has 1 aromatic carbocycles. The van der Waals surface area contributed by atoms with E-state index < -0.39 is 0 Å². The molecule has 0 radical (unpaired) electrons. The Hall–Kier alpha value is -0.670. The molecule has 0 saturated heterocycles. The molecule has 0 bridgehead atoms. The minimum Gasteiger partial charge on any atom is -0.241 e. The molecule has 1 nitrogen and oxygen atoms in total. The maximum atomic E-state index is 4.84. The van der Waals surface area contributed by atoms with Gasteiger partial charge in [0.15, 0.2) is 0 Å². The fourth-order valence-electron chi connectivity index (χ4n) is 2.60. The Bertz CT molecular complexity index is 512. The van der Waals surface area contributed by atoms with Crippen LogP contribution in [-0.2, 0) is 0 Å². The molecule has 1 heterocycles. The van der Waals surface area contributed by atoms with Crippen molar-refractivity contribution in [1.29, 1.82) is 0 Å². The molecule has 1 saturated carbocycles. The zero-order chi connectivity index (χ0) is 12.4. The number of thiazole rings is 1. The van der Waals surface area contributed by atoms with E-state index in [0.717, 1.165) is 9.48 Å². The second-order valence-corrected chi connectivity index (χ2v) is 6.69. The summed E-state index contributed by atoms with van der Waals surface area (Å²) in [5.41, 5.74) is 2.54. The molecule has 0 N–H and O–H groups in total. The average molecular weight is 322 g/mol. The zero-order valence-corrected chi connectivity index (χ0v) is 12.6. The van der Waals surface area contributed by atoms with E-state index in [-0.39, 0.29) is 0 Å². The van der Waals surface area contributed by atoms with Gasteiger partial charge in [0.25, 0.3) is 0 Å². The summed E-state index contributed by atoms with van der Waals surface area (Å²) in [7, 11) is 0. The maximum absolute atomic E-state index is 4.84. The lowest BCUT2D eigenvalue weighted by atomic mass is 9.87. The van der Waals surface area contributed by atoms with Gasteiger partial charge < -0.3 is 0 Å². The number of aromatic nitrogens is 1. The van der Waals surface area contributed by atoms with Crippen molar-refractivity contribution < 1.29 is 0 Å². The summed E-state index contributed by atoms with van der Waals surface area (Å²) in [5, 5.41) is 3.41. The van der Waals surface area contributed by atoms with E-state index in [4.69, 9.17) is 4.98 Å². The molecule has 0 spiro atoms. The summed E-state index contributed by atoms with van der Waals surface area (Å²) in [6.07, 6.45) is 6.79. The first-order valence-electron chi connectivity index (χ1n) is 6.54. The van der Waals surface area contributed by atoms with E-state index in [1.54, 1.807) is 11.3 Å². The van der Waals surface area contributed by atoms with Crippen molar-refractivity contribution in [2.75, 3.05) is 0 Å². The molecule has 94 valence electrons. The van der Waals surface area contributed by atoms with Crippen LogP contribution in [0.15, 0.2) is 34.1 Å². The predicted octanol–water partition coefficient (Wildman–Crippen LogP) is 5.62. The van der Waals surface area contributed by atoms with Crippen LogP contribution in [0.25, 0.3) is 10.6 Å². The van der Waals surface area contributed by atoms with Crippen LogP contribution in [0.4, 0.5) is 0 Å². The Morgan fingerprint density at radius 3 is 2.50 bits per heavy atom. The minimum atomic E-state index is 0.708. The molecule has 1 aromatic heterocycles. The van der Waals surface area contributed by atoms with Crippen LogP contribution in [0.3, 0.4) is 0 Å². The van der Waals surface area contributed by atoms with E-state index in [1.807, 2.05) is 0 Å². The summed E-state index contributed by atoms with van der Waals surface area (Å²) in [5.74, 6) is 0.708. The average Bonchev–Trinajstić information content (AvgIpc) is 2.90. The first-order valence-corrected chi connectivity index (χ1v) is 8.21. The fourth-order valence-corrected chi connectivity index (χ4v) is 3.77. The molecule has 0 unspecified atom stereocenters. The van der Waals surface area contributed by atoms with Gasteiger partial charge in [-0.3, -0.25) is 0 Å². The lowest BCUT2D eigenvalue weighted by Gasteiger charge is -2.19. The van der Waals surface area contributed by atoms with E-state index in [2.05, 4.69) is 45.6 Å². The Kier molecular flexibility index (Phi) is 3.80. The van der Waals surface area contributed by atoms with Crippen LogP contribution in [0, 0.1) is 0 Å². The number of hydrogen-bond donors (Lipinski definition) is 0. The highest BCUT2D eigenvalue weighted by molar-refractivity contribution is 9.10. The molecule has 0 amide bonds. The van der Waals surface area contributed by atoms with E-state index in [0.29, 0.717) is 5.92 Å². The summed E-state index contributed by atoms with van der Waals surface area (Å²) in [6.45, 7) is 0. The molecule has 18 heavy (non-hydrogen) atoms. The molecule has 3 rings (SSSR count). The second kappa shape index (κ2) is 5.54. The van der Waals surface area contributed by atoms with Crippen LogP contribution in [0.1, 0.15) is 43.7 Å². The van der Waals surface area contributed by atoms with Crippen LogP contribution >= 0.6 is 27.3 Å². The Balaban J connectivity index is 1.82. The third kappa shape index (κ3) is 2.67. The summed E-state index contributed by atoms with van der Waals surface area (Å²) >= 11 is 5.24. The predicted molar refractivity (Wildman–Crippen MR) is 81.1 cm³/mol. The summed E-state index contributed by atoms with van der Waals surface area (Å²) in [4.78, 5) is 4.84. The third-order valence-electron chi connectivity index (χ3n) is 3.64. The maximum Gasteiger partial charge on any atom is 0.123 e. The smallest absolute Gasteiger partial charge is 0.123 e. The van der Waals surface area contributed by atoms with Gasteiger partial charge in [-0.05, 0) is 25.0 Å². The van der Waals surface area contributed by atoms with Gasteiger partial charge >= 0.3 is 0 Å². The lowest BCUT2D eigenvalue weighted by molar-refractivity contribution is 0.438. The largest absolute Gasteiger partial charge is 0.241 e. The first kappa shape index (κ1) is 12.4. The van der Waals surface area contributed by atoms with Crippen molar-refractivity contribution in [2.45, 2.75) is 38.0 Å². The first-order chi connectivity index (χ1) is 8.83. The topological polar surface area (TPSA) is 12.9 Å². The van der Waals surface area contributed by atoms with Crippen LogP contribution in [0.5, 0.6) is 0 Å². The van der Waals surface area contributed by atoms with Gasteiger partial charge in [-0.15, -0.1) is 11.3 Å². The Morgan fingerprint density at radius 2 is 1.78 bits per heavy atom. The number of benzene rings is 1. The molecule has 0 atom stereocenters.